The predicted octanol–water partition coefficient (Wildman–Crippen LogP) is 3.26. The van der Waals surface area contributed by atoms with E-state index < -0.39 is 0 Å². The number of benzene rings is 1. The molecule has 1 aliphatic rings. The maximum absolute atomic E-state index is 13.5. The highest BCUT2D eigenvalue weighted by Gasteiger charge is 2.16. The third-order valence-electron chi connectivity index (χ3n) is 3.37. The first-order valence-corrected chi connectivity index (χ1v) is 6.65. The summed E-state index contributed by atoms with van der Waals surface area (Å²) in [4.78, 5) is 2.31. The van der Waals surface area contributed by atoms with Crippen LogP contribution in [0.2, 0.25) is 0 Å². The minimum absolute atomic E-state index is 0.161. The second kappa shape index (κ2) is 6.01. The van der Waals surface area contributed by atoms with Crippen LogP contribution in [0.15, 0.2) is 30.4 Å². The van der Waals surface area contributed by atoms with Crippen LogP contribution < -0.4 is 10.2 Å². The predicted molar refractivity (Wildman–Crippen MR) is 74.5 cm³/mol. The average Bonchev–Trinajstić information content (AvgIpc) is 2.40. The Labute approximate surface area is 108 Å². The van der Waals surface area contributed by atoms with Gasteiger partial charge in [-0.05, 0) is 43.7 Å². The molecular formula is C15H21FN2. The lowest BCUT2D eigenvalue weighted by molar-refractivity contribution is 0.581. The zero-order valence-corrected chi connectivity index (χ0v) is 11.1. The van der Waals surface area contributed by atoms with E-state index in [-0.39, 0.29) is 11.9 Å². The van der Waals surface area contributed by atoms with E-state index in [4.69, 9.17) is 0 Å². The summed E-state index contributed by atoms with van der Waals surface area (Å²) in [6.45, 7) is 6.96. The smallest absolute Gasteiger partial charge is 0.123 e. The molecule has 0 saturated heterocycles. The van der Waals surface area contributed by atoms with Gasteiger partial charge in [-0.25, -0.2) is 4.39 Å². The van der Waals surface area contributed by atoms with E-state index >= 15 is 0 Å². The van der Waals surface area contributed by atoms with E-state index in [0.717, 1.165) is 37.3 Å². The third-order valence-corrected chi connectivity index (χ3v) is 3.37. The van der Waals surface area contributed by atoms with Gasteiger partial charge >= 0.3 is 0 Å². The molecule has 1 unspecified atom stereocenters. The van der Waals surface area contributed by atoms with E-state index in [2.05, 4.69) is 36.2 Å². The Kier molecular flexibility index (Phi) is 4.37. The Bertz CT molecular complexity index is 429. The lowest BCUT2D eigenvalue weighted by Crippen LogP contribution is -2.29. The fourth-order valence-electron chi connectivity index (χ4n) is 2.44. The summed E-state index contributed by atoms with van der Waals surface area (Å²) in [6, 6.07) is 5.28. The Balaban J connectivity index is 2.30. The third kappa shape index (κ3) is 2.91. The molecule has 18 heavy (non-hydrogen) atoms. The highest BCUT2D eigenvalue weighted by molar-refractivity contribution is 5.56. The van der Waals surface area contributed by atoms with Crippen molar-refractivity contribution in [3.63, 3.8) is 0 Å². The molecule has 1 aromatic carbocycles. The van der Waals surface area contributed by atoms with Gasteiger partial charge in [-0.3, -0.25) is 0 Å². The number of anilines is 1. The van der Waals surface area contributed by atoms with Crippen molar-refractivity contribution < 1.29 is 4.39 Å². The lowest BCUT2D eigenvalue weighted by atomic mass is 10.0. The maximum Gasteiger partial charge on any atom is 0.123 e. The number of nitrogens with zero attached hydrogens (tertiary/aromatic N) is 1. The van der Waals surface area contributed by atoms with Crippen LogP contribution >= 0.6 is 0 Å². The fraction of sp³-hybridized carbons (Fsp3) is 0.467. The van der Waals surface area contributed by atoms with Gasteiger partial charge in [0, 0.05) is 24.8 Å². The summed E-state index contributed by atoms with van der Waals surface area (Å²) in [6.07, 6.45) is 5.44. The van der Waals surface area contributed by atoms with Crippen molar-refractivity contribution in [2.24, 2.45) is 0 Å². The van der Waals surface area contributed by atoms with Crippen molar-refractivity contribution in [1.29, 1.82) is 0 Å². The maximum atomic E-state index is 13.5. The number of hydrogen-bond donors (Lipinski definition) is 1. The largest absolute Gasteiger partial charge is 0.367 e. The second-order valence-electron chi connectivity index (χ2n) is 4.69. The van der Waals surface area contributed by atoms with Crippen LogP contribution in [-0.2, 0) is 0 Å². The number of halogens is 1. The SMILES string of the molecule is CCNC(C)c1cc(F)ccc1N1CC=CCC1. The Morgan fingerprint density at radius 2 is 2.22 bits per heavy atom. The Morgan fingerprint density at radius 3 is 2.89 bits per heavy atom. The zero-order chi connectivity index (χ0) is 13.0. The molecule has 1 aromatic rings. The fourth-order valence-corrected chi connectivity index (χ4v) is 2.44. The van der Waals surface area contributed by atoms with Gasteiger partial charge in [0.25, 0.3) is 0 Å². The second-order valence-corrected chi connectivity index (χ2v) is 4.69. The summed E-state index contributed by atoms with van der Waals surface area (Å²) in [5, 5.41) is 3.36. The van der Waals surface area contributed by atoms with E-state index in [0.29, 0.717) is 0 Å². The molecule has 1 heterocycles. The summed E-state index contributed by atoms with van der Waals surface area (Å²) in [5.41, 5.74) is 2.20. The topological polar surface area (TPSA) is 15.3 Å². The Morgan fingerprint density at radius 1 is 1.39 bits per heavy atom. The van der Waals surface area contributed by atoms with Gasteiger partial charge in [-0.1, -0.05) is 19.1 Å². The molecule has 0 bridgehead atoms. The molecule has 0 radical (unpaired) electrons. The van der Waals surface area contributed by atoms with Gasteiger partial charge in [-0.2, -0.15) is 0 Å². The summed E-state index contributed by atoms with van der Waals surface area (Å²) < 4.78 is 13.5. The van der Waals surface area contributed by atoms with Crippen molar-refractivity contribution in [2.75, 3.05) is 24.5 Å². The van der Waals surface area contributed by atoms with Crippen LogP contribution in [0.4, 0.5) is 10.1 Å². The van der Waals surface area contributed by atoms with Gasteiger partial charge in [0.2, 0.25) is 0 Å². The van der Waals surface area contributed by atoms with Crippen LogP contribution in [0.1, 0.15) is 31.9 Å². The minimum atomic E-state index is -0.161. The normalized spacial score (nSPS) is 16.9. The average molecular weight is 248 g/mol. The van der Waals surface area contributed by atoms with Crippen molar-refractivity contribution in [3.05, 3.63) is 41.7 Å². The molecular weight excluding hydrogens is 227 g/mol. The Hall–Kier alpha value is -1.35. The first kappa shape index (κ1) is 13.1. The summed E-state index contributed by atoms with van der Waals surface area (Å²) >= 11 is 0. The molecule has 2 nitrogen and oxygen atoms in total. The quantitative estimate of drug-likeness (QED) is 0.823. The molecule has 98 valence electrons. The molecule has 3 heteroatoms. The number of hydrogen-bond acceptors (Lipinski definition) is 2. The minimum Gasteiger partial charge on any atom is -0.367 e. The molecule has 0 amide bonds. The molecule has 0 aromatic heterocycles. The van der Waals surface area contributed by atoms with Crippen molar-refractivity contribution in [3.8, 4) is 0 Å². The van der Waals surface area contributed by atoms with Crippen LogP contribution in [0.3, 0.4) is 0 Å². The standard InChI is InChI=1S/C15H21FN2/c1-3-17-12(2)14-11-13(16)7-8-15(14)18-9-5-4-6-10-18/h4-5,7-8,11-12,17H,3,6,9-10H2,1-2H3. The molecule has 0 fully saturated rings. The van der Waals surface area contributed by atoms with E-state index in [1.165, 1.54) is 0 Å². The molecule has 0 saturated carbocycles. The monoisotopic (exact) mass is 248 g/mol. The van der Waals surface area contributed by atoms with E-state index in [9.17, 15) is 4.39 Å². The lowest BCUT2D eigenvalue weighted by Gasteiger charge is -2.29. The van der Waals surface area contributed by atoms with Crippen LogP contribution in [0.5, 0.6) is 0 Å². The van der Waals surface area contributed by atoms with Crippen molar-refractivity contribution >= 4 is 5.69 Å². The van der Waals surface area contributed by atoms with Crippen LogP contribution in [0.25, 0.3) is 0 Å². The highest BCUT2D eigenvalue weighted by Crippen LogP contribution is 2.28. The molecule has 0 aliphatic carbocycles. The van der Waals surface area contributed by atoms with Gasteiger partial charge in [0.05, 0.1) is 0 Å². The number of nitrogens with one attached hydrogen (secondary N) is 1. The van der Waals surface area contributed by atoms with E-state index in [1.54, 1.807) is 12.1 Å². The molecule has 2 rings (SSSR count). The molecule has 1 aliphatic heterocycles. The van der Waals surface area contributed by atoms with Gasteiger partial charge < -0.3 is 10.2 Å². The van der Waals surface area contributed by atoms with Crippen molar-refractivity contribution in [1.82, 2.24) is 5.32 Å². The molecule has 0 spiro atoms. The van der Waals surface area contributed by atoms with Gasteiger partial charge in [0.1, 0.15) is 5.82 Å². The van der Waals surface area contributed by atoms with E-state index in [1.807, 2.05) is 6.07 Å². The van der Waals surface area contributed by atoms with Crippen LogP contribution in [0, 0.1) is 5.82 Å². The molecule has 1 N–H and O–H groups in total. The molecule has 1 atom stereocenters. The van der Waals surface area contributed by atoms with Gasteiger partial charge in [-0.15, -0.1) is 0 Å². The van der Waals surface area contributed by atoms with Gasteiger partial charge in [0.15, 0.2) is 0 Å². The van der Waals surface area contributed by atoms with Crippen molar-refractivity contribution in [2.45, 2.75) is 26.3 Å². The zero-order valence-electron chi connectivity index (χ0n) is 11.1. The number of rotatable bonds is 4. The first-order chi connectivity index (χ1) is 8.72. The first-order valence-electron chi connectivity index (χ1n) is 6.65. The highest BCUT2D eigenvalue weighted by atomic mass is 19.1. The summed E-state index contributed by atoms with van der Waals surface area (Å²) in [5.74, 6) is -0.161. The summed E-state index contributed by atoms with van der Waals surface area (Å²) in [7, 11) is 0. The van der Waals surface area contributed by atoms with Crippen LogP contribution in [-0.4, -0.2) is 19.6 Å².